The van der Waals surface area contributed by atoms with Gasteiger partial charge in [-0.05, 0) is 31.9 Å². The van der Waals surface area contributed by atoms with Crippen LogP contribution in [0.5, 0.6) is 11.5 Å². The molecule has 1 atom stereocenters. The Kier molecular flexibility index (Phi) is 4.77. The predicted octanol–water partition coefficient (Wildman–Crippen LogP) is 2.58. The fourth-order valence-electron chi connectivity index (χ4n) is 1.62. The summed E-state index contributed by atoms with van der Waals surface area (Å²) < 4.78 is 10.6. The van der Waals surface area contributed by atoms with Crippen molar-refractivity contribution < 1.29 is 19.4 Å². The zero-order valence-electron chi connectivity index (χ0n) is 10.9. The van der Waals surface area contributed by atoms with Crippen molar-refractivity contribution >= 4 is 5.97 Å². The second-order valence-corrected chi connectivity index (χ2v) is 4.01. The van der Waals surface area contributed by atoms with Gasteiger partial charge < -0.3 is 14.6 Å². The maximum Gasteiger partial charge on any atom is 0.344 e. The van der Waals surface area contributed by atoms with Gasteiger partial charge in [-0.25, -0.2) is 4.79 Å². The van der Waals surface area contributed by atoms with E-state index in [0.717, 1.165) is 11.1 Å². The van der Waals surface area contributed by atoms with Gasteiger partial charge in [0.2, 0.25) is 0 Å². The molecule has 4 nitrogen and oxygen atoms in total. The van der Waals surface area contributed by atoms with Gasteiger partial charge in [0.25, 0.3) is 0 Å². The molecule has 0 aliphatic carbocycles. The van der Waals surface area contributed by atoms with Crippen LogP contribution in [0, 0.1) is 6.92 Å². The first-order chi connectivity index (χ1) is 8.49. The maximum absolute atomic E-state index is 10.8. The molecule has 0 saturated carbocycles. The Balaban J connectivity index is 3.15. The minimum absolute atomic E-state index is 0.529. The zero-order chi connectivity index (χ0) is 13.7. The summed E-state index contributed by atoms with van der Waals surface area (Å²) in [6.45, 7) is 7.12. The fourth-order valence-corrected chi connectivity index (χ4v) is 1.62. The van der Waals surface area contributed by atoms with Crippen LogP contribution in [0.1, 0.15) is 18.1 Å². The van der Waals surface area contributed by atoms with Gasteiger partial charge >= 0.3 is 5.97 Å². The van der Waals surface area contributed by atoms with Crippen LogP contribution in [-0.2, 0) is 11.2 Å². The number of aryl methyl sites for hydroxylation is 1. The van der Waals surface area contributed by atoms with Gasteiger partial charge in [0.05, 0.1) is 7.11 Å². The van der Waals surface area contributed by atoms with Crippen LogP contribution in [0.3, 0.4) is 0 Å². The Hall–Kier alpha value is -1.97. The van der Waals surface area contributed by atoms with E-state index < -0.39 is 12.1 Å². The van der Waals surface area contributed by atoms with Gasteiger partial charge in [0.1, 0.15) is 11.5 Å². The third kappa shape index (κ3) is 3.26. The van der Waals surface area contributed by atoms with Crippen LogP contribution in [0.25, 0.3) is 0 Å². The van der Waals surface area contributed by atoms with Crippen LogP contribution >= 0.6 is 0 Å². The lowest BCUT2D eigenvalue weighted by Gasteiger charge is -2.17. The number of benzene rings is 1. The Morgan fingerprint density at radius 3 is 2.72 bits per heavy atom. The molecule has 0 fully saturated rings. The first kappa shape index (κ1) is 14.1. The number of hydrogen-bond donors (Lipinski definition) is 1. The van der Waals surface area contributed by atoms with Crippen molar-refractivity contribution in [3.8, 4) is 11.5 Å². The lowest BCUT2D eigenvalue weighted by Crippen LogP contribution is -2.23. The minimum Gasteiger partial charge on any atom is -0.497 e. The van der Waals surface area contributed by atoms with Crippen molar-refractivity contribution in [1.82, 2.24) is 0 Å². The van der Waals surface area contributed by atoms with Gasteiger partial charge in [-0.1, -0.05) is 6.08 Å². The first-order valence-electron chi connectivity index (χ1n) is 5.67. The van der Waals surface area contributed by atoms with Crippen LogP contribution < -0.4 is 9.47 Å². The van der Waals surface area contributed by atoms with Gasteiger partial charge in [-0.2, -0.15) is 0 Å². The summed E-state index contributed by atoms with van der Waals surface area (Å²) in [7, 11) is 1.56. The molecule has 0 aliphatic heterocycles. The highest BCUT2D eigenvalue weighted by molar-refractivity contribution is 5.72. The monoisotopic (exact) mass is 250 g/mol. The molecule has 1 unspecified atom stereocenters. The summed E-state index contributed by atoms with van der Waals surface area (Å²) in [5.74, 6) is 0.176. The molecule has 1 aromatic carbocycles. The molecule has 0 spiro atoms. The fraction of sp³-hybridized carbons (Fsp3) is 0.357. The van der Waals surface area contributed by atoms with Gasteiger partial charge in [0, 0.05) is 11.6 Å². The number of carboxylic acids is 1. The summed E-state index contributed by atoms with van der Waals surface area (Å²) >= 11 is 0. The average Bonchev–Trinajstić information content (AvgIpc) is 2.32. The Morgan fingerprint density at radius 1 is 1.56 bits per heavy atom. The highest BCUT2D eigenvalue weighted by atomic mass is 16.5. The molecule has 0 amide bonds. The molecule has 1 N–H and O–H groups in total. The Morgan fingerprint density at radius 2 is 2.22 bits per heavy atom. The lowest BCUT2D eigenvalue weighted by molar-refractivity contribution is -0.144. The number of methoxy groups -OCH3 is 1. The Bertz CT molecular complexity index is 451. The number of carboxylic acid groups (broad SMARTS) is 1. The molecule has 0 saturated heterocycles. The van der Waals surface area contributed by atoms with E-state index in [9.17, 15) is 4.79 Å². The lowest BCUT2D eigenvalue weighted by atomic mass is 10.0. The average molecular weight is 250 g/mol. The number of allylic oxidation sites excluding steroid dienone is 1. The highest BCUT2D eigenvalue weighted by Crippen LogP contribution is 2.30. The number of rotatable bonds is 6. The van der Waals surface area contributed by atoms with E-state index in [1.165, 1.54) is 6.92 Å². The van der Waals surface area contributed by atoms with E-state index in [1.807, 2.05) is 13.0 Å². The van der Waals surface area contributed by atoms with Crippen molar-refractivity contribution in [1.29, 1.82) is 0 Å². The summed E-state index contributed by atoms with van der Waals surface area (Å²) in [6, 6.07) is 3.59. The van der Waals surface area contributed by atoms with E-state index in [4.69, 9.17) is 14.6 Å². The van der Waals surface area contributed by atoms with Gasteiger partial charge in [-0.15, -0.1) is 6.58 Å². The number of hydrogen-bond acceptors (Lipinski definition) is 3. The normalized spacial score (nSPS) is 11.7. The molecular formula is C14H18O4. The van der Waals surface area contributed by atoms with Gasteiger partial charge in [0.15, 0.2) is 6.10 Å². The molecule has 0 heterocycles. The van der Waals surface area contributed by atoms with Crippen molar-refractivity contribution in [2.45, 2.75) is 26.4 Å². The largest absolute Gasteiger partial charge is 0.497 e. The standard InChI is InChI=1S/C14H18O4/c1-5-6-12-9(2)7-11(17-4)8-13(12)18-10(3)14(15)16/h5,7-8,10H,1,6H2,2-4H3,(H,15,16). The summed E-state index contributed by atoms with van der Waals surface area (Å²) in [6.07, 6.45) is 1.48. The molecule has 0 aliphatic rings. The number of ether oxygens (including phenoxy) is 2. The molecule has 0 aromatic heterocycles. The second kappa shape index (κ2) is 6.10. The number of carbonyl (C=O) groups is 1. The van der Waals surface area contributed by atoms with Gasteiger partial charge in [-0.3, -0.25) is 0 Å². The van der Waals surface area contributed by atoms with Crippen LogP contribution in [0.4, 0.5) is 0 Å². The van der Waals surface area contributed by atoms with Crippen molar-refractivity contribution in [3.05, 3.63) is 35.9 Å². The summed E-state index contributed by atoms with van der Waals surface area (Å²) in [5.41, 5.74) is 1.92. The SMILES string of the molecule is C=CCc1c(C)cc(OC)cc1OC(C)C(=O)O. The van der Waals surface area contributed by atoms with Crippen LogP contribution in [0.15, 0.2) is 24.8 Å². The van der Waals surface area contributed by atoms with Crippen molar-refractivity contribution in [3.63, 3.8) is 0 Å². The highest BCUT2D eigenvalue weighted by Gasteiger charge is 2.16. The molecule has 4 heteroatoms. The van der Waals surface area contributed by atoms with Crippen LogP contribution in [-0.4, -0.2) is 24.3 Å². The van der Waals surface area contributed by atoms with E-state index >= 15 is 0 Å². The third-order valence-electron chi connectivity index (χ3n) is 2.64. The molecule has 1 rings (SSSR count). The topological polar surface area (TPSA) is 55.8 Å². The van der Waals surface area contributed by atoms with E-state index in [0.29, 0.717) is 17.9 Å². The maximum atomic E-state index is 10.8. The molecule has 0 radical (unpaired) electrons. The predicted molar refractivity (Wildman–Crippen MR) is 69.4 cm³/mol. The number of aliphatic carboxylic acids is 1. The quantitative estimate of drug-likeness (QED) is 0.788. The third-order valence-corrected chi connectivity index (χ3v) is 2.64. The van der Waals surface area contributed by atoms with E-state index in [1.54, 1.807) is 19.3 Å². The summed E-state index contributed by atoms with van der Waals surface area (Å²) in [5, 5.41) is 8.88. The van der Waals surface area contributed by atoms with Crippen molar-refractivity contribution in [2.24, 2.45) is 0 Å². The molecule has 18 heavy (non-hydrogen) atoms. The molecule has 0 bridgehead atoms. The van der Waals surface area contributed by atoms with Crippen LogP contribution in [0.2, 0.25) is 0 Å². The zero-order valence-corrected chi connectivity index (χ0v) is 10.9. The first-order valence-corrected chi connectivity index (χ1v) is 5.67. The van der Waals surface area contributed by atoms with E-state index in [2.05, 4.69) is 6.58 Å². The smallest absolute Gasteiger partial charge is 0.344 e. The van der Waals surface area contributed by atoms with Crippen molar-refractivity contribution in [2.75, 3.05) is 7.11 Å². The molecule has 98 valence electrons. The minimum atomic E-state index is -1.000. The summed E-state index contributed by atoms with van der Waals surface area (Å²) in [4.78, 5) is 10.8. The molecule has 1 aromatic rings. The van der Waals surface area contributed by atoms with E-state index in [-0.39, 0.29) is 0 Å². The molecular weight excluding hydrogens is 232 g/mol. The Labute approximate surface area is 107 Å². The second-order valence-electron chi connectivity index (χ2n) is 4.01.